The van der Waals surface area contributed by atoms with Gasteiger partial charge in [-0.15, -0.1) is 0 Å². The number of imidazole rings is 1. The van der Waals surface area contributed by atoms with Crippen molar-refractivity contribution in [3.05, 3.63) is 23.8 Å². The zero-order valence-corrected chi connectivity index (χ0v) is 10.8. The Morgan fingerprint density at radius 2 is 2.05 bits per heavy atom. The van der Waals surface area contributed by atoms with E-state index in [2.05, 4.69) is 4.98 Å². The molecule has 0 saturated carbocycles. The SMILES string of the molecule is COCCCCCn1c(N)nc2c(F)cc(F)cc21. The summed E-state index contributed by atoms with van der Waals surface area (Å²) in [5.41, 5.74) is 6.28. The Morgan fingerprint density at radius 1 is 1.26 bits per heavy atom. The molecular formula is C13H17F2N3O. The largest absolute Gasteiger partial charge is 0.385 e. The van der Waals surface area contributed by atoms with E-state index in [0.29, 0.717) is 18.7 Å². The van der Waals surface area contributed by atoms with E-state index < -0.39 is 11.6 Å². The number of aryl methyl sites for hydroxylation is 1. The molecule has 1 aromatic heterocycles. The number of hydrogen-bond acceptors (Lipinski definition) is 3. The van der Waals surface area contributed by atoms with E-state index in [-0.39, 0.29) is 11.5 Å². The summed E-state index contributed by atoms with van der Waals surface area (Å²) >= 11 is 0. The fourth-order valence-corrected chi connectivity index (χ4v) is 2.10. The van der Waals surface area contributed by atoms with Crippen molar-refractivity contribution in [2.45, 2.75) is 25.8 Å². The molecule has 0 unspecified atom stereocenters. The summed E-state index contributed by atoms with van der Waals surface area (Å²) < 4.78 is 33.4. The lowest BCUT2D eigenvalue weighted by Gasteiger charge is -2.06. The smallest absolute Gasteiger partial charge is 0.201 e. The molecule has 19 heavy (non-hydrogen) atoms. The molecule has 0 fully saturated rings. The van der Waals surface area contributed by atoms with E-state index in [1.54, 1.807) is 11.7 Å². The number of hydrogen-bond donors (Lipinski definition) is 1. The summed E-state index contributed by atoms with van der Waals surface area (Å²) in [5.74, 6) is -1.09. The summed E-state index contributed by atoms with van der Waals surface area (Å²) in [7, 11) is 1.66. The molecule has 0 bridgehead atoms. The number of nitrogens with two attached hydrogens (primary N) is 1. The molecule has 0 atom stereocenters. The van der Waals surface area contributed by atoms with Crippen LogP contribution in [0.5, 0.6) is 0 Å². The predicted octanol–water partition coefficient (Wildman–Crippen LogP) is 2.71. The molecule has 2 rings (SSSR count). The number of nitrogens with zero attached hydrogens (tertiary/aromatic N) is 2. The first-order chi connectivity index (χ1) is 9.13. The molecule has 4 nitrogen and oxygen atoms in total. The van der Waals surface area contributed by atoms with Crippen LogP contribution in [0.25, 0.3) is 11.0 Å². The highest BCUT2D eigenvalue weighted by Gasteiger charge is 2.13. The number of unbranched alkanes of at least 4 members (excludes halogenated alkanes) is 2. The molecular weight excluding hydrogens is 252 g/mol. The van der Waals surface area contributed by atoms with Crippen molar-refractivity contribution in [1.82, 2.24) is 9.55 Å². The average molecular weight is 269 g/mol. The highest BCUT2D eigenvalue weighted by molar-refractivity contribution is 5.79. The van der Waals surface area contributed by atoms with Crippen LogP contribution in [0.1, 0.15) is 19.3 Å². The van der Waals surface area contributed by atoms with Crippen molar-refractivity contribution in [2.24, 2.45) is 0 Å². The summed E-state index contributed by atoms with van der Waals surface area (Å²) in [5, 5.41) is 0. The molecule has 0 aliphatic heterocycles. The van der Waals surface area contributed by atoms with Crippen molar-refractivity contribution in [3.63, 3.8) is 0 Å². The summed E-state index contributed by atoms with van der Waals surface area (Å²) in [6.07, 6.45) is 2.77. The number of halogens is 2. The normalized spacial score (nSPS) is 11.3. The van der Waals surface area contributed by atoms with Gasteiger partial charge < -0.3 is 15.0 Å². The van der Waals surface area contributed by atoms with Crippen LogP contribution >= 0.6 is 0 Å². The Kier molecular flexibility index (Phi) is 4.31. The van der Waals surface area contributed by atoms with Gasteiger partial charge in [-0.25, -0.2) is 13.8 Å². The molecule has 2 N–H and O–H groups in total. The molecule has 6 heteroatoms. The lowest BCUT2D eigenvalue weighted by Crippen LogP contribution is -2.04. The monoisotopic (exact) mass is 269 g/mol. The molecule has 1 heterocycles. The Bertz CT molecular complexity index is 569. The first-order valence-electron chi connectivity index (χ1n) is 6.23. The van der Waals surface area contributed by atoms with Crippen LogP contribution in [0.2, 0.25) is 0 Å². The minimum Gasteiger partial charge on any atom is -0.385 e. The summed E-state index contributed by atoms with van der Waals surface area (Å²) in [6, 6.07) is 2.08. The maximum atomic E-state index is 13.5. The zero-order valence-electron chi connectivity index (χ0n) is 10.8. The maximum Gasteiger partial charge on any atom is 0.201 e. The van der Waals surface area contributed by atoms with E-state index in [1.807, 2.05) is 0 Å². The number of methoxy groups -OCH3 is 1. The van der Waals surface area contributed by atoms with Gasteiger partial charge in [-0.05, 0) is 19.3 Å². The van der Waals surface area contributed by atoms with Crippen molar-refractivity contribution in [2.75, 3.05) is 19.5 Å². The quantitative estimate of drug-likeness (QED) is 0.820. The number of benzene rings is 1. The molecule has 0 saturated heterocycles. The molecule has 104 valence electrons. The zero-order chi connectivity index (χ0) is 13.8. The van der Waals surface area contributed by atoms with Crippen LogP contribution in [-0.2, 0) is 11.3 Å². The second-order valence-electron chi connectivity index (χ2n) is 4.43. The predicted molar refractivity (Wildman–Crippen MR) is 69.8 cm³/mol. The van der Waals surface area contributed by atoms with Crippen LogP contribution in [0, 0.1) is 11.6 Å². The van der Waals surface area contributed by atoms with Crippen LogP contribution in [0.15, 0.2) is 12.1 Å². The number of aromatic nitrogens is 2. The first kappa shape index (κ1) is 13.7. The molecule has 0 radical (unpaired) electrons. The molecule has 0 amide bonds. The van der Waals surface area contributed by atoms with Crippen LogP contribution < -0.4 is 5.73 Å². The molecule has 2 aromatic rings. The summed E-state index contributed by atoms with van der Waals surface area (Å²) in [6.45, 7) is 1.30. The second-order valence-corrected chi connectivity index (χ2v) is 4.43. The van der Waals surface area contributed by atoms with E-state index in [9.17, 15) is 8.78 Å². The number of anilines is 1. The number of nitrogen functional groups attached to an aromatic ring is 1. The van der Waals surface area contributed by atoms with Gasteiger partial charge in [0.2, 0.25) is 5.95 Å². The fraction of sp³-hybridized carbons (Fsp3) is 0.462. The van der Waals surface area contributed by atoms with Gasteiger partial charge in [-0.2, -0.15) is 0 Å². The van der Waals surface area contributed by atoms with E-state index >= 15 is 0 Å². The third-order valence-electron chi connectivity index (χ3n) is 3.03. The van der Waals surface area contributed by atoms with Crippen molar-refractivity contribution >= 4 is 17.0 Å². The van der Waals surface area contributed by atoms with Crippen molar-refractivity contribution in [1.29, 1.82) is 0 Å². The Balaban J connectivity index is 2.16. The van der Waals surface area contributed by atoms with Crippen LogP contribution in [-0.4, -0.2) is 23.3 Å². The molecule has 0 spiro atoms. The summed E-state index contributed by atoms with van der Waals surface area (Å²) in [4.78, 5) is 3.94. The van der Waals surface area contributed by atoms with Crippen molar-refractivity contribution in [3.8, 4) is 0 Å². The standard InChI is InChI=1S/C13H17F2N3O/c1-19-6-4-2-3-5-18-11-8-9(14)7-10(15)12(11)17-13(18)16/h7-8H,2-6H2,1H3,(H2,16,17). The van der Waals surface area contributed by atoms with Gasteiger partial charge in [0.15, 0.2) is 5.82 Å². The molecule has 0 aliphatic rings. The van der Waals surface area contributed by atoms with Gasteiger partial charge >= 0.3 is 0 Å². The average Bonchev–Trinajstić information content (AvgIpc) is 2.67. The second kappa shape index (κ2) is 5.97. The minimum absolute atomic E-state index is 0.121. The van der Waals surface area contributed by atoms with Gasteiger partial charge in [0, 0.05) is 32.4 Å². The molecule has 0 aliphatic carbocycles. The highest BCUT2D eigenvalue weighted by Crippen LogP contribution is 2.22. The van der Waals surface area contributed by atoms with Crippen LogP contribution in [0.3, 0.4) is 0 Å². The maximum absolute atomic E-state index is 13.5. The fourth-order valence-electron chi connectivity index (χ4n) is 2.10. The number of ether oxygens (including phenoxy) is 1. The highest BCUT2D eigenvalue weighted by atomic mass is 19.1. The molecule has 1 aromatic carbocycles. The van der Waals surface area contributed by atoms with Gasteiger partial charge in [-0.3, -0.25) is 0 Å². The third kappa shape index (κ3) is 3.01. The van der Waals surface area contributed by atoms with E-state index in [0.717, 1.165) is 25.3 Å². The van der Waals surface area contributed by atoms with Gasteiger partial charge in [0.25, 0.3) is 0 Å². The Hall–Kier alpha value is -1.69. The number of rotatable bonds is 6. The Labute approximate surface area is 110 Å². The van der Waals surface area contributed by atoms with Gasteiger partial charge in [0.1, 0.15) is 11.3 Å². The van der Waals surface area contributed by atoms with E-state index in [4.69, 9.17) is 10.5 Å². The lowest BCUT2D eigenvalue weighted by molar-refractivity contribution is 0.191. The minimum atomic E-state index is -0.681. The topological polar surface area (TPSA) is 53.1 Å². The van der Waals surface area contributed by atoms with E-state index in [1.165, 1.54) is 6.07 Å². The Morgan fingerprint density at radius 3 is 2.79 bits per heavy atom. The van der Waals surface area contributed by atoms with Crippen molar-refractivity contribution < 1.29 is 13.5 Å². The van der Waals surface area contributed by atoms with Gasteiger partial charge in [0.05, 0.1) is 5.52 Å². The van der Waals surface area contributed by atoms with Crippen LogP contribution in [0.4, 0.5) is 14.7 Å². The van der Waals surface area contributed by atoms with Gasteiger partial charge in [-0.1, -0.05) is 0 Å². The first-order valence-corrected chi connectivity index (χ1v) is 6.23. The third-order valence-corrected chi connectivity index (χ3v) is 3.03. The number of fused-ring (bicyclic) bond motifs is 1. The lowest BCUT2D eigenvalue weighted by atomic mass is 10.2.